The minimum atomic E-state index is -0.881. The van der Waals surface area contributed by atoms with Crippen molar-refractivity contribution in [1.82, 2.24) is 9.97 Å². The molecule has 0 radical (unpaired) electrons. The van der Waals surface area contributed by atoms with Gasteiger partial charge in [0.1, 0.15) is 17.3 Å². The van der Waals surface area contributed by atoms with Gasteiger partial charge in [0.05, 0.1) is 31.1 Å². The van der Waals surface area contributed by atoms with E-state index in [4.69, 9.17) is 14.2 Å². The van der Waals surface area contributed by atoms with Crippen LogP contribution >= 0.6 is 0 Å². The molecule has 8 nitrogen and oxygen atoms in total. The van der Waals surface area contributed by atoms with Crippen molar-refractivity contribution >= 4 is 22.5 Å². The summed E-state index contributed by atoms with van der Waals surface area (Å²) in [5.41, 5.74) is 1.31. The number of methoxy groups -OCH3 is 2. The summed E-state index contributed by atoms with van der Waals surface area (Å²) in [7, 11) is 3.00. The van der Waals surface area contributed by atoms with Crippen LogP contribution in [-0.4, -0.2) is 35.3 Å². The van der Waals surface area contributed by atoms with Gasteiger partial charge in [-0.2, -0.15) is 5.06 Å². The summed E-state index contributed by atoms with van der Waals surface area (Å²) in [5.74, 6) is -1.00. The summed E-state index contributed by atoms with van der Waals surface area (Å²) in [4.78, 5) is 21.4. The second-order valence-corrected chi connectivity index (χ2v) is 8.28. The first-order valence-corrected chi connectivity index (χ1v) is 11.6. The Hall–Kier alpha value is -5.09. The molecule has 0 spiro atoms. The van der Waals surface area contributed by atoms with Crippen molar-refractivity contribution < 1.29 is 33.0 Å². The number of nitrogens with zero attached hydrogens (tertiary/aromatic N) is 3. The monoisotopic (exact) mass is 529 g/mol. The lowest BCUT2D eigenvalue weighted by Gasteiger charge is -2.16. The Balaban J connectivity index is 1.39. The summed E-state index contributed by atoms with van der Waals surface area (Å²) in [6.45, 7) is 0. The van der Waals surface area contributed by atoms with E-state index in [1.165, 1.54) is 62.9 Å². The van der Waals surface area contributed by atoms with Gasteiger partial charge in [0.15, 0.2) is 23.1 Å². The number of aromatic nitrogens is 2. The van der Waals surface area contributed by atoms with Gasteiger partial charge in [-0.3, -0.25) is 15.0 Å². The zero-order chi connectivity index (χ0) is 27.5. The number of amides is 1. The standard InChI is InChI=1S/C29H21F2N3O5/c1-37-27-15-20-24(16-28(27)38-2)32-13-12-25(20)39-26-11-10-19(14-21(26)31)34(36)29(35)23-5-3-4-22(33-23)17-6-8-18(30)9-7-17/h3-16,36H,1-2H3. The number of hydroxylamine groups is 1. The lowest BCUT2D eigenvalue weighted by atomic mass is 10.1. The molecule has 0 unspecified atom stereocenters. The molecule has 5 rings (SSSR count). The fourth-order valence-electron chi connectivity index (χ4n) is 3.92. The third-order valence-electron chi connectivity index (χ3n) is 5.89. The van der Waals surface area contributed by atoms with Crippen LogP contribution < -0.4 is 19.3 Å². The number of carbonyl (C=O) groups excluding carboxylic acids is 1. The average Bonchev–Trinajstić information content (AvgIpc) is 2.97. The lowest BCUT2D eigenvalue weighted by molar-refractivity contribution is 0.0849. The Bertz CT molecular complexity index is 1680. The third kappa shape index (κ3) is 5.18. The van der Waals surface area contributed by atoms with Crippen LogP contribution in [0.25, 0.3) is 22.2 Å². The van der Waals surface area contributed by atoms with E-state index in [9.17, 15) is 14.4 Å². The normalized spacial score (nSPS) is 10.8. The Morgan fingerprint density at radius 2 is 1.59 bits per heavy atom. The number of carbonyl (C=O) groups is 1. The van der Waals surface area contributed by atoms with E-state index in [1.54, 1.807) is 30.3 Å². The summed E-state index contributed by atoms with van der Waals surface area (Å²) in [6.07, 6.45) is 1.51. The van der Waals surface area contributed by atoms with Crippen molar-refractivity contribution in [2.75, 3.05) is 19.3 Å². The van der Waals surface area contributed by atoms with E-state index in [0.29, 0.717) is 44.5 Å². The summed E-state index contributed by atoms with van der Waals surface area (Å²) in [6, 6.07) is 18.7. The Morgan fingerprint density at radius 1 is 0.846 bits per heavy atom. The SMILES string of the molecule is COc1cc2nccc(Oc3ccc(N(O)C(=O)c4cccc(-c5ccc(F)cc5)n4)cc3F)c2cc1OC. The molecule has 0 atom stereocenters. The maximum atomic E-state index is 15.1. The van der Waals surface area contributed by atoms with Crippen molar-refractivity contribution in [2.24, 2.45) is 0 Å². The van der Waals surface area contributed by atoms with E-state index in [-0.39, 0.29) is 17.1 Å². The van der Waals surface area contributed by atoms with Gasteiger partial charge < -0.3 is 14.2 Å². The molecule has 1 amide bonds. The second kappa shape index (κ2) is 10.7. The molecule has 10 heteroatoms. The van der Waals surface area contributed by atoms with Crippen LogP contribution in [0.15, 0.2) is 85.1 Å². The van der Waals surface area contributed by atoms with E-state index in [0.717, 1.165) is 6.07 Å². The van der Waals surface area contributed by atoms with Crippen molar-refractivity contribution in [3.8, 4) is 34.3 Å². The third-order valence-corrected chi connectivity index (χ3v) is 5.89. The zero-order valence-electron chi connectivity index (χ0n) is 20.8. The molecule has 39 heavy (non-hydrogen) atoms. The number of benzene rings is 3. The van der Waals surface area contributed by atoms with E-state index >= 15 is 4.39 Å². The molecular weight excluding hydrogens is 508 g/mol. The van der Waals surface area contributed by atoms with Gasteiger partial charge in [0.25, 0.3) is 0 Å². The lowest BCUT2D eigenvalue weighted by Crippen LogP contribution is -2.28. The predicted octanol–water partition coefficient (Wildman–Crippen LogP) is 6.42. The van der Waals surface area contributed by atoms with Gasteiger partial charge in [0.2, 0.25) is 0 Å². The highest BCUT2D eigenvalue weighted by Gasteiger charge is 2.20. The van der Waals surface area contributed by atoms with E-state index in [1.807, 2.05) is 0 Å². The van der Waals surface area contributed by atoms with Gasteiger partial charge in [-0.05, 0) is 60.7 Å². The quantitative estimate of drug-likeness (QED) is 0.192. The van der Waals surface area contributed by atoms with Crippen LogP contribution in [0.2, 0.25) is 0 Å². The molecule has 0 fully saturated rings. The van der Waals surface area contributed by atoms with Gasteiger partial charge in [-0.15, -0.1) is 0 Å². The van der Waals surface area contributed by atoms with Crippen LogP contribution in [-0.2, 0) is 0 Å². The highest BCUT2D eigenvalue weighted by atomic mass is 19.1. The summed E-state index contributed by atoms with van der Waals surface area (Å²) >= 11 is 0. The highest BCUT2D eigenvalue weighted by molar-refractivity contribution is 6.03. The summed E-state index contributed by atoms with van der Waals surface area (Å²) in [5, 5.41) is 11.4. The molecule has 0 bridgehead atoms. The van der Waals surface area contributed by atoms with Crippen LogP contribution in [0, 0.1) is 11.6 Å². The molecule has 2 heterocycles. The van der Waals surface area contributed by atoms with E-state index in [2.05, 4.69) is 9.97 Å². The number of halogens is 2. The molecule has 1 N–H and O–H groups in total. The number of ether oxygens (including phenoxy) is 3. The van der Waals surface area contributed by atoms with Crippen molar-refractivity contribution in [3.05, 3.63) is 102 Å². The number of anilines is 1. The molecule has 0 aliphatic carbocycles. The molecule has 3 aromatic carbocycles. The fraction of sp³-hybridized carbons (Fsp3) is 0.0690. The molecule has 0 saturated heterocycles. The fourth-order valence-corrected chi connectivity index (χ4v) is 3.92. The summed E-state index contributed by atoms with van der Waals surface area (Å²) < 4.78 is 44.8. The molecule has 2 aromatic heterocycles. The molecule has 5 aromatic rings. The second-order valence-electron chi connectivity index (χ2n) is 8.28. The minimum absolute atomic E-state index is 0.0901. The van der Waals surface area contributed by atoms with Crippen LogP contribution in [0.3, 0.4) is 0 Å². The van der Waals surface area contributed by atoms with Gasteiger partial charge >= 0.3 is 5.91 Å². The van der Waals surface area contributed by atoms with Gasteiger partial charge in [0, 0.05) is 29.3 Å². The molecule has 196 valence electrons. The molecular formula is C29H21F2N3O5. The van der Waals surface area contributed by atoms with Crippen LogP contribution in [0.5, 0.6) is 23.0 Å². The Kier molecular flexibility index (Phi) is 7.02. The first kappa shape index (κ1) is 25.6. The largest absolute Gasteiger partial charge is 0.493 e. The maximum Gasteiger partial charge on any atom is 0.300 e. The van der Waals surface area contributed by atoms with Gasteiger partial charge in [-0.1, -0.05) is 6.07 Å². The molecule has 0 aliphatic heterocycles. The number of rotatable bonds is 7. The molecule has 0 aliphatic rings. The predicted molar refractivity (Wildman–Crippen MR) is 140 cm³/mol. The zero-order valence-corrected chi connectivity index (χ0v) is 20.8. The topological polar surface area (TPSA) is 94.0 Å². The molecule has 0 saturated carbocycles. The number of hydrogen-bond donors (Lipinski definition) is 1. The van der Waals surface area contributed by atoms with Crippen LogP contribution in [0.1, 0.15) is 10.5 Å². The van der Waals surface area contributed by atoms with Gasteiger partial charge in [-0.25, -0.2) is 13.8 Å². The Labute approximate surface area is 221 Å². The first-order valence-electron chi connectivity index (χ1n) is 11.6. The first-order chi connectivity index (χ1) is 18.9. The minimum Gasteiger partial charge on any atom is -0.493 e. The highest BCUT2D eigenvalue weighted by Crippen LogP contribution is 2.37. The Morgan fingerprint density at radius 3 is 2.31 bits per heavy atom. The van der Waals surface area contributed by atoms with Crippen LogP contribution in [0.4, 0.5) is 14.5 Å². The number of hydrogen-bond acceptors (Lipinski definition) is 7. The number of fused-ring (bicyclic) bond motifs is 1. The van der Waals surface area contributed by atoms with Crippen molar-refractivity contribution in [3.63, 3.8) is 0 Å². The maximum absolute atomic E-state index is 15.1. The number of pyridine rings is 2. The van der Waals surface area contributed by atoms with Crippen molar-refractivity contribution in [2.45, 2.75) is 0 Å². The smallest absolute Gasteiger partial charge is 0.300 e. The van der Waals surface area contributed by atoms with E-state index < -0.39 is 17.5 Å². The van der Waals surface area contributed by atoms with Crippen molar-refractivity contribution in [1.29, 1.82) is 0 Å². The average molecular weight is 529 g/mol.